The normalized spacial score (nSPS) is 15.9. The van der Waals surface area contributed by atoms with Gasteiger partial charge in [-0.3, -0.25) is 34.4 Å². The molecule has 1 saturated heterocycles. The van der Waals surface area contributed by atoms with E-state index in [9.17, 15) is 40.8 Å². The number of nitrogens with zero attached hydrogens (tertiary/aromatic N) is 9. The molecule has 29 heteroatoms. The number of aliphatic imine (C=N–C) groups is 4. The van der Waals surface area contributed by atoms with Crippen LogP contribution < -0.4 is 31.5 Å². The molecule has 9 N–H and O–H groups in total. The van der Waals surface area contributed by atoms with Crippen molar-refractivity contribution in [3.8, 4) is 0 Å². The van der Waals surface area contributed by atoms with Gasteiger partial charge in [0.1, 0.15) is 34.6 Å². The van der Waals surface area contributed by atoms with E-state index < -0.39 is 39.8 Å². The molecule has 14 aromatic rings. The number of halogens is 3. The number of hydrogen-bond donors (Lipinski definition) is 9. The molecule has 0 spiro atoms. The Bertz CT molecular complexity index is 6490. The summed E-state index contributed by atoms with van der Waals surface area (Å²) in [5.74, 6) is -3.27. The molecule has 2 saturated carbocycles. The summed E-state index contributed by atoms with van der Waals surface area (Å²) in [5, 5.41) is 14.2. The third-order valence-electron chi connectivity index (χ3n) is 20.7. The highest BCUT2D eigenvalue weighted by Gasteiger charge is 2.61. The number of carbonyl (C=O) groups excluding carboxylic acids is 4. The summed E-state index contributed by atoms with van der Waals surface area (Å²) in [6.07, 6.45) is 2.86. The molecule has 5 amide bonds. The lowest BCUT2D eigenvalue weighted by molar-refractivity contribution is -0.119. The Balaban J connectivity index is 0.000000107. The first-order valence-electron chi connectivity index (χ1n) is 37.6. The molecule has 578 valence electrons. The number of fused-ring (bicyclic) bond motifs is 8. The van der Waals surface area contributed by atoms with Crippen molar-refractivity contribution in [3.05, 3.63) is 297 Å². The molecule has 116 heavy (non-hydrogen) atoms. The third kappa shape index (κ3) is 15.5. The van der Waals surface area contributed by atoms with Gasteiger partial charge in [0.15, 0.2) is 33.1 Å². The Morgan fingerprint density at radius 2 is 0.931 bits per heavy atom. The van der Waals surface area contributed by atoms with Crippen molar-refractivity contribution in [3.63, 3.8) is 0 Å². The van der Waals surface area contributed by atoms with E-state index in [-0.39, 0.29) is 33.9 Å². The number of rotatable bonds is 14. The van der Waals surface area contributed by atoms with E-state index in [2.05, 4.69) is 92.4 Å². The molecule has 10 aromatic carbocycles. The SMILES string of the molecule is CS(=O)(=O)c1cccc(C(=O)Nc2ccc3c(c2)C(c2nc4ccccc4[nH]2)=NC3)c1.O=C(Nc1ccc2c(c1)C(c1nc3ccccc3[nH]1)=NC2)NC1CC1.O=C(Nc1ccc2c(c1)C(c1nc3ccccc3[nH]1)=NC2)c1cccc(F)c1.O=C(Nc1cccc2c1C(c1nc3ccc(N4CCOCC4)cc3[nH]1)=NC2)C1CC1(F)F. The van der Waals surface area contributed by atoms with Crippen molar-refractivity contribution in [1.82, 2.24) is 45.2 Å². The van der Waals surface area contributed by atoms with Crippen LogP contribution >= 0.6 is 0 Å². The Hall–Kier alpha value is -14.1. The number of amides is 5. The van der Waals surface area contributed by atoms with E-state index in [4.69, 9.17) is 9.72 Å². The fourth-order valence-electron chi connectivity index (χ4n) is 14.5. The summed E-state index contributed by atoms with van der Waals surface area (Å²) in [4.78, 5) is 102. The maximum Gasteiger partial charge on any atom is 0.319 e. The van der Waals surface area contributed by atoms with Gasteiger partial charge in [-0.15, -0.1) is 0 Å². The van der Waals surface area contributed by atoms with Gasteiger partial charge in [0.05, 0.1) is 94.1 Å². The predicted molar refractivity (Wildman–Crippen MR) is 439 cm³/mol. The highest BCUT2D eigenvalue weighted by molar-refractivity contribution is 7.90. The number of imidazole rings is 4. The largest absolute Gasteiger partial charge is 0.378 e. The highest BCUT2D eigenvalue weighted by atomic mass is 32.2. The van der Waals surface area contributed by atoms with Gasteiger partial charge in [-0.2, -0.15) is 0 Å². The second-order valence-corrected chi connectivity index (χ2v) is 30.9. The lowest BCUT2D eigenvalue weighted by Crippen LogP contribution is -2.36. The second kappa shape index (κ2) is 30.5. The van der Waals surface area contributed by atoms with Crippen LogP contribution in [0.1, 0.15) is 108 Å². The molecule has 1 atom stereocenters. The van der Waals surface area contributed by atoms with Gasteiger partial charge in [-0.05, 0) is 169 Å². The van der Waals surface area contributed by atoms with Crippen LogP contribution in [-0.4, -0.2) is 139 Å². The van der Waals surface area contributed by atoms with Crippen LogP contribution in [0.15, 0.2) is 237 Å². The molecule has 3 fully saturated rings. The van der Waals surface area contributed by atoms with Crippen LogP contribution in [-0.2, 0) is 45.5 Å². The lowest BCUT2D eigenvalue weighted by atomic mass is 10.0. The number of carbonyl (C=O) groups is 4. The van der Waals surface area contributed by atoms with Gasteiger partial charge < -0.3 is 56.2 Å². The van der Waals surface area contributed by atoms with E-state index in [0.29, 0.717) is 85.7 Å². The number of sulfone groups is 1. The zero-order valence-electron chi connectivity index (χ0n) is 62.1. The molecular weight excluding hydrogens is 1500 g/mol. The van der Waals surface area contributed by atoms with E-state index in [0.717, 1.165) is 155 Å². The Labute approximate surface area is 660 Å². The minimum atomic E-state index is -3.40. The number of hydrogen-bond acceptors (Lipinski definition) is 16. The molecular formula is C87H71F3N18O7S. The summed E-state index contributed by atoms with van der Waals surface area (Å²) in [5.41, 5.74) is 22.1. The summed E-state index contributed by atoms with van der Waals surface area (Å²) < 4.78 is 69.0. The smallest absolute Gasteiger partial charge is 0.319 e. The summed E-state index contributed by atoms with van der Waals surface area (Å²) >= 11 is 0. The van der Waals surface area contributed by atoms with Crippen molar-refractivity contribution < 1.29 is 45.5 Å². The van der Waals surface area contributed by atoms with Crippen molar-refractivity contribution in [2.24, 2.45) is 25.9 Å². The lowest BCUT2D eigenvalue weighted by Gasteiger charge is -2.28. The number of morpholine rings is 1. The van der Waals surface area contributed by atoms with Crippen LogP contribution in [0, 0.1) is 11.7 Å². The molecule has 9 heterocycles. The number of aromatic nitrogens is 8. The topological polar surface area (TPSA) is 339 Å². The molecule has 7 aliphatic rings. The van der Waals surface area contributed by atoms with Crippen molar-refractivity contribution >= 4 is 129 Å². The van der Waals surface area contributed by atoms with Gasteiger partial charge in [-0.25, -0.2) is 46.3 Å². The van der Waals surface area contributed by atoms with E-state index in [1.54, 1.807) is 30.3 Å². The number of benzene rings is 10. The van der Waals surface area contributed by atoms with Gasteiger partial charge in [-0.1, -0.05) is 78.9 Å². The zero-order valence-corrected chi connectivity index (χ0v) is 62.9. The third-order valence-corrected chi connectivity index (χ3v) is 21.8. The number of para-hydroxylation sites is 6. The number of anilines is 5. The molecule has 0 bridgehead atoms. The van der Waals surface area contributed by atoms with Crippen molar-refractivity contribution in [1.29, 1.82) is 0 Å². The van der Waals surface area contributed by atoms with Gasteiger partial charge in [0.25, 0.3) is 17.7 Å². The van der Waals surface area contributed by atoms with Gasteiger partial charge in [0, 0.05) is 87.9 Å². The maximum absolute atomic E-state index is 13.4. The average Bonchev–Trinajstić information content (AvgIpc) is 1.62. The predicted octanol–water partition coefficient (Wildman–Crippen LogP) is 14.4. The molecule has 25 nitrogen and oxygen atoms in total. The number of nitrogens with one attached hydrogen (secondary N) is 9. The van der Waals surface area contributed by atoms with Gasteiger partial charge in [0.2, 0.25) is 5.91 Å². The minimum Gasteiger partial charge on any atom is -0.378 e. The van der Waals surface area contributed by atoms with Crippen LogP contribution in [0.25, 0.3) is 44.1 Å². The number of aromatic amines is 4. The van der Waals surface area contributed by atoms with Crippen LogP contribution in [0.4, 0.5) is 46.4 Å². The highest BCUT2D eigenvalue weighted by Crippen LogP contribution is 2.49. The second-order valence-electron chi connectivity index (χ2n) is 28.9. The Morgan fingerprint density at radius 1 is 0.474 bits per heavy atom. The monoisotopic (exact) mass is 1570 g/mol. The fourth-order valence-corrected chi connectivity index (χ4v) is 15.1. The van der Waals surface area contributed by atoms with Crippen LogP contribution in [0.5, 0.6) is 0 Å². The Kier molecular flexibility index (Phi) is 19.3. The summed E-state index contributed by atoms with van der Waals surface area (Å²) in [6.45, 7) is 5.31. The molecule has 5 aliphatic heterocycles. The van der Waals surface area contributed by atoms with Crippen LogP contribution in [0.3, 0.4) is 0 Å². The zero-order chi connectivity index (χ0) is 79.3. The maximum atomic E-state index is 13.4. The van der Waals surface area contributed by atoms with Gasteiger partial charge >= 0.3 is 6.03 Å². The molecule has 2 aliphatic carbocycles. The summed E-state index contributed by atoms with van der Waals surface area (Å²) in [7, 11) is -3.40. The molecule has 1 unspecified atom stereocenters. The number of alkyl halides is 2. The van der Waals surface area contributed by atoms with Crippen LogP contribution in [0.2, 0.25) is 0 Å². The average molecular weight is 1570 g/mol. The van der Waals surface area contributed by atoms with Crippen molar-refractivity contribution in [2.75, 3.05) is 58.7 Å². The number of H-pyrrole nitrogens is 4. The molecule has 4 aromatic heterocycles. The van der Waals surface area contributed by atoms with E-state index in [1.165, 1.54) is 30.3 Å². The van der Waals surface area contributed by atoms with E-state index >= 15 is 0 Å². The first kappa shape index (κ1) is 73.4. The minimum absolute atomic E-state index is 0.105. The Morgan fingerprint density at radius 3 is 1.43 bits per heavy atom. The fraction of sp³-hybridized carbons (Fsp3) is 0.172. The quantitative estimate of drug-likeness (QED) is 0.0491. The number of urea groups is 1. The first-order valence-corrected chi connectivity index (χ1v) is 39.5. The van der Waals surface area contributed by atoms with Crippen molar-refractivity contribution in [2.45, 2.75) is 62.3 Å². The number of ether oxygens (including phenoxy) is 1. The molecule has 0 radical (unpaired) electrons. The molecule has 21 rings (SSSR count). The van der Waals surface area contributed by atoms with E-state index in [1.807, 2.05) is 146 Å². The summed E-state index contributed by atoms with van der Waals surface area (Å²) in [6, 6.07) is 64.0. The first-order chi connectivity index (χ1) is 56.3. The standard InChI is InChI=1S/C23H21F2N5O2.C23H18N4O3S.C22H15FN4O.C19H17N5O/c24-23(25)11-15(23)22(31)29-17-3-1-2-13-12-26-20(19(13)17)21-27-16-5-4-14(10-18(16)28-21)30-6-8-32-9-7-30;1-31(29,30)17-6-4-5-14(11-17)23(28)25-16-10-9-15-13-24-21(18(15)12-16)22-26-19-7-2-3-8-20(19)27-22;23-15-5-3-4-13(10-15)22(28)25-16-9-8-14-12-24-20(17(14)11-16)21-26-18-6-1-2-7-19(18)27-21;25-19(21-12-7-8-12)22-13-6-5-11-10-20-17(14(11)9-13)18-23-15-3-1-2-4-16(15)24-18/h1-5,10,15H,6-9,11-12H2,(H,27,28)(H,29,31);2-12H,13H2,1H3,(H,25,28)(H,26,27);1-11H,12H2,(H,25,28)(H,26,27);1-6,9,12H,7-8,10H2,(H,23,24)(H2,21,22,25).